The summed E-state index contributed by atoms with van der Waals surface area (Å²) in [6.45, 7) is 1.80. The third-order valence-electron chi connectivity index (χ3n) is 4.41. The highest BCUT2D eigenvalue weighted by Crippen LogP contribution is 2.37. The van der Waals surface area contributed by atoms with Crippen LogP contribution in [0.15, 0.2) is 53.7 Å². The minimum Gasteiger partial charge on any atom is -0.273 e. The van der Waals surface area contributed by atoms with E-state index in [0.29, 0.717) is 6.42 Å². The first-order valence-corrected chi connectivity index (χ1v) is 8.97. The maximum Gasteiger partial charge on any atom is 0.265 e. The van der Waals surface area contributed by atoms with Gasteiger partial charge in [0.1, 0.15) is 4.90 Å². The van der Waals surface area contributed by atoms with E-state index in [2.05, 4.69) is 9.71 Å². The second-order valence-corrected chi connectivity index (χ2v) is 7.65. The lowest BCUT2D eigenvalue weighted by molar-refractivity contribution is -0.124. The summed E-state index contributed by atoms with van der Waals surface area (Å²) in [5.74, 6) is -0.492. The number of fused-ring (bicyclic) bond motifs is 1. The van der Waals surface area contributed by atoms with Gasteiger partial charge >= 0.3 is 0 Å². The van der Waals surface area contributed by atoms with E-state index in [0.717, 1.165) is 24.0 Å². The summed E-state index contributed by atoms with van der Waals surface area (Å²) < 4.78 is 27.0. The second kappa shape index (κ2) is 5.77. The Bertz CT molecular complexity index is 834. The number of hydrogen-bond donors (Lipinski definition) is 1. The number of benzene rings is 1. The van der Waals surface area contributed by atoms with Crippen molar-refractivity contribution in [3.05, 3.63) is 59.9 Å². The number of carbonyl (C=O) groups excluding carboxylic acids is 1. The third kappa shape index (κ3) is 2.86. The lowest BCUT2D eigenvalue weighted by Gasteiger charge is -2.34. The van der Waals surface area contributed by atoms with Crippen LogP contribution < -0.4 is 4.72 Å². The highest BCUT2D eigenvalue weighted by atomic mass is 32.2. The average Bonchev–Trinajstić information content (AvgIpc) is 2.56. The van der Waals surface area contributed by atoms with Crippen LogP contribution in [0.3, 0.4) is 0 Å². The van der Waals surface area contributed by atoms with E-state index >= 15 is 0 Å². The Hall–Kier alpha value is -2.21. The van der Waals surface area contributed by atoms with Crippen LogP contribution in [0, 0.1) is 0 Å². The average molecular weight is 330 g/mol. The molecule has 3 rings (SSSR count). The molecule has 1 aliphatic carbocycles. The quantitative estimate of drug-likeness (QED) is 0.936. The summed E-state index contributed by atoms with van der Waals surface area (Å²) in [7, 11) is -3.91. The Morgan fingerprint density at radius 3 is 2.74 bits per heavy atom. The van der Waals surface area contributed by atoms with Gasteiger partial charge in [0.15, 0.2) is 0 Å². The zero-order valence-electron chi connectivity index (χ0n) is 12.8. The van der Waals surface area contributed by atoms with Crippen molar-refractivity contribution in [1.29, 1.82) is 0 Å². The maximum absolute atomic E-state index is 12.8. The van der Waals surface area contributed by atoms with Gasteiger partial charge in [-0.3, -0.25) is 9.78 Å². The zero-order chi connectivity index (χ0) is 16.5. The SMILES string of the molecule is C[C@]1(C(=O)NS(=O)(=O)c2cccnc2)CCCc2ccccc21. The van der Waals surface area contributed by atoms with Crippen LogP contribution in [-0.2, 0) is 26.7 Å². The molecule has 1 aliphatic rings. The Morgan fingerprint density at radius 2 is 2.00 bits per heavy atom. The van der Waals surface area contributed by atoms with Crippen molar-refractivity contribution in [2.45, 2.75) is 36.5 Å². The molecule has 120 valence electrons. The Labute approximate surface area is 135 Å². The molecule has 0 aliphatic heterocycles. The molecule has 1 aromatic carbocycles. The van der Waals surface area contributed by atoms with E-state index in [1.165, 1.54) is 24.5 Å². The summed E-state index contributed by atoms with van der Waals surface area (Å²) in [6, 6.07) is 10.7. The smallest absolute Gasteiger partial charge is 0.265 e. The zero-order valence-corrected chi connectivity index (χ0v) is 13.6. The Morgan fingerprint density at radius 1 is 1.22 bits per heavy atom. The summed E-state index contributed by atoms with van der Waals surface area (Å²) in [6.07, 6.45) is 5.10. The van der Waals surface area contributed by atoms with Gasteiger partial charge in [0.05, 0.1) is 5.41 Å². The summed E-state index contributed by atoms with van der Waals surface area (Å²) in [5, 5.41) is 0. The van der Waals surface area contributed by atoms with Crippen molar-refractivity contribution < 1.29 is 13.2 Å². The van der Waals surface area contributed by atoms with Crippen LogP contribution in [0.2, 0.25) is 0 Å². The molecule has 2 aromatic rings. The fourth-order valence-corrected chi connectivity index (χ4v) is 4.12. The molecule has 0 radical (unpaired) electrons. The number of aromatic nitrogens is 1. The molecule has 1 amide bonds. The highest BCUT2D eigenvalue weighted by molar-refractivity contribution is 7.90. The number of sulfonamides is 1. The molecule has 1 atom stereocenters. The van der Waals surface area contributed by atoms with Crippen LogP contribution in [-0.4, -0.2) is 19.3 Å². The third-order valence-corrected chi connectivity index (χ3v) is 5.72. The molecule has 0 unspecified atom stereocenters. The van der Waals surface area contributed by atoms with Gasteiger partial charge in [-0.1, -0.05) is 24.3 Å². The molecular formula is C17H18N2O3S. The van der Waals surface area contributed by atoms with Crippen molar-refractivity contribution in [3.63, 3.8) is 0 Å². The van der Waals surface area contributed by atoms with Crippen LogP contribution in [0.5, 0.6) is 0 Å². The molecule has 5 nitrogen and oxygen atoms in total. The molecule has 0 fully saturated rings. The van der Waals surface area contributed by atoms with Crippen molar-refractivity contribution in [1.82, 2.24) is 9.71 Å². The van der Waals surface area contributed by atoms with Crippen molar-refractivity contribution >= 4 is 15.9 Å². The van der Waals surface area contributed by atoms with Gasteiger partial charge < -0.3 is 0 Å². The summed E-state index contributed by atoms with van der Waals surface area (Å²) in [4.78, 5) is 16.5. The predicted octanol–water partition coefficient (Wildman–Crippen LogP) is 2.18. The number of rotatable bonds is 3. The van der Waals surface area contributed by atoms with E-state index in [1.807, 2.05) is 24.3 Å². The van der Waals surface area contributed by atoms with Crippen molar-refractivity contribution in [2.75, 3.05) is 0 Å². The Balaban J connectivity index is 1.93. The molecule has 1 aromatic heterocycles. The maximum atomic E-state index is 12.8. The molecule has 6 heteroatoms. The number of pyridine rings is 1. The van der Waals surface area contributed by atoms with E-state index in [-0.39, 0.29) is 4.90 Å². The largest absolute Gasteiger partial charge is 0.273 e. The van der Waals surface area contributed by atoms with Gasteiger partial charge in [-0.15, -0.1) is 0 Å². The standard InChI is InChI=1S/C17H18N2O3S/c1-17(10-4-7-13-6-2-3-9-15(13)17)16(20)19-23(21,22)14-8-5-11-18-12-14/h2-3,5-6,8-9,11-12H,4,7,10H2,1H3,(H,19,20)/t17-/m0/s1. The topological polar surface area (TPSA) is 76.1 Å². The van der Waals surface area contributed by atoms with Crippen molar-refractivity contribution in [2.24, 2.45) is 0 Å². The normalized spacial score (nSPS) is 20.6. The lowest BCUT2D eigenvalue weighted by Crippen LogP contribution is -2.46. The van der Waals surface area contributed by atoms with Gasteiger partial charge in [-0.25, -0.2) is 13.1 Å². The van der Waals surface area contributed by atoms with Crippen LogP contribution in [0.25, 0.3) is 0 Å². The van der Waals surface area contributed by atoms with Crippen LogP contribution in [0.4, 0.5) is 0 Å². The van der Waals surface area contributed by atoms with Gasteiger partial charge in [-0.05, 0) is 49.4 Å². The predicted molar refractivity (Wildman–Crippen MR) is 86.3 cm³/mol. The van der Waals surface area contributed by atoms with Crippen LogP contribution in [0.1, 0.15) is 30.9 Å². The monoisotopic (exact) mass is 330 g/mol. The van der Waals surface area contributed by atoms with Crippen molar-refractivity contribution in [3.8, 4) is 0 Å². The lowest BCUT2D eigenvalue weighted by atomic mass is 9.71. The summed E-state index contributed by atoms with van der Waals surface area (Å²) >= 11 is 0. The minimum atomic E-state index is -3.91. The van der Waals surface area contributed by atoms with Crippen LogP contribution >= 0.6 is 0 Å². The Kier molecular flexibility index (Phi) is 3.93. The summed E-state index contributed by atoms with van der Waals surface area (Å²) in [5.41, 5.74) is 1.17. The van der Waals surface area contributed by atoms with E-state index in [4.69, 9.17) is 0 Å². The van der Waals surface area contributed by atoms with E-state index in [9.17, 15) is 13.2 Å². The molecule has 0 saturated carbocycles. The first kappa shape index (κ1) is 15.7. The first-order valence-electron chi connectivity index (χ1n) is 7.49. The minimum absolute atomic E-state index is 0.0129. The van der Waals surface area contributed by atoms with E-state index < -0.39 is 21.3 Å². The van der Waals surface area contributed by atoms with Gasteiger partial charge in [-0.2, -0.15) is 0 Å². The van der Waals surface area contributed by atoms with Gasteiger partial charge in [0, 0.05) is 12.4 Å². The van der Waals surface area contributed by atoms with Gasteiger partial charge in [0.25, 0.3) is 10.0 Å². The molecule has 1 heterocycles. The number of amides is 1. The van der Waals surface area contributed by atoms with E-state index in [1.54, 1.807) is 6.92 Å². The number of carbonyl (C=O) groups is 1. The molecule has 1 N–H and O–H groups in total. The molecule has 0 saturated heterocycles. The number of aryl methyl sites for hydroxylation is 1. The number of hydrogen-bond acceptors (Lipinski definition) is 4. The molecule has 0 spiro atoms. The first-order chi connectivity index (χ1) is 10.9. The molecule has 23 heavy (non-hydrogen) atoms. The number of nitrogens with one attached hydrogen (secondary N) is 1. The fraction of sp³-hybridized carbons (Fsp3) is 0.294. The molecule has 0 bridgehead atoms. The second-order valence-electron chi connectivity index (χ2n) is 5.97. The highest BCUT2D eigenvalue weighted by Gasteiger charge is 2.40. The number of nitrogens with zero attached hydrogens (tertiary/aromatic N) is 1. The fourth-order valence-electron chi connectivity index (χ4n) is 3.08. The van der Waals surface area contributed by atoms with Gasteiger partial charge in [0.2, 0.25) is 5.91 Å². The molecular weight excluding hydrogens is 312 g/mol.